The summed E-state index contributed by atoms with van der Waals surface area (Å²) in [5, 5.41) is 15.8. The molecule has 3 aromatic rings. The van der Waals surface area contributed by atoms with Gasteiger partial charge in [0.1, 0.15) is 0 Å². The Morgan fingerprint density at radius 1 is 1.10 bits per heavy atom. The molecule has 0 saturated carbocycles. The third-order valence-corrected chi connectivity index (χ3v) is 5.34. The molecular formula is C22H26N6O. The van der Waals surface area contributed by atoms with Crippen molar-refractivity contribution < 1.29 is 4.79 Å². The van der Waals surface area contributed by atoms with E-state index < -0.39 is 0 Å². The summed E-state index contributed by atoms with van der Waals surface area (Å²) in [5.41, 5.74) is 2.11. The molecule has 1 N–H and O–H groups in total. The maximum absolute atomic E-state index is 12.8. The van der Waals surface area contributed by atoms with Crippen molar-refractivity contribution in [1.29, 1.82) is 0 Å². The van der Waals surface area contributed by atoms with Gasteiger partial charge in [-0.25, -0.2) is 4.68 Å². The van der Waals surface area contributed by atoms with Crippen LogP contribution in [0.3, 0.4) is 0 Å². The highest BCUT2D eigenvalue weighted by Gasteiger charge is 2.27. The third kappa shape index (κ3) is 4.45. The first-order valence-electron chi connectivity index (χ1n) is 10.1. The smallest absolute Gasteiger partial charge is 0.229 e. The number of benzene rings is 1. The summed E-state index contributed by atoms with van der Waals surface area (Å²) in [6, 6.07) is 13.8. The van der Waals surface area contributed by atoms with Gasteiger partial charge in [0, 0.05) is 31.2 Å². The molecule has 0 aliphatic carbocycles. The second kappa shape index (κ2) is 8.43. The quantitative estimate of drug-likeness (QED) is 0.720. The van der Waals surface area contributed by atoms with Crippen LogP contribution in [-0.2, 0) is 4.79 Å². The van der Waals surface area contributed by atoms with Crippen LogP contribution in [0.2, 0.25) is 0 Å². The number of nitrogens with zero attached hydrogens (tertiary/aromatic N) is 5. The van der Waals surface area contributed by atoms with E-state index in [1.54, 1.807) is 10.9 Å². The predicted molar refractivity (Wildman–Crippen MR) is 113 cm³/mol. The molecule has 7 nitrogen and oxygen atoms in total. The fraction of sp³-hybridized carbons (Fsp3) is 0.364. The molecule has 1 aromatic carbocycles. The molecule has 0 spiro atoms. The molecule has 1 amide bonds. The normalized spacial score (nSPS) is 16.8. The summed E-state index contributed by atoms with van der Waals surface area (Å²) in [7, 11) is 0. The molecule has 1 fully saturated rings. The fourth-order valence-electron chi connectivity index (χ4n) is 3.61. The third-order valence-electron chi connectivity index (χ3n) is 5.34. The number of hydrogen-bond acceptors (Lipinski definition) is 5. The van der Waals surface area contributed by atoms with Gasteiger partial charge in [0.2, 0.25) is 5.91 Å². The lowest BCUT2D eigenvalue weighted by Gasteiger charge is -2.32. The summed E-state index contributed by atoms with van der Waals surface area (Å²) in [6.07, 6.45) is 5.37. The van der Waals surface area contributed by atoms with Crippen LogP contribution in [0.15, 0.2) is 54.9 Å². The van der Waals surface area contributed by atoms with Crippen LogP contribution < -0.4 is 10.2 Å². The van der Waals surface area contributed by atoms with E-state index in [1.165, 1.54) is 5.56 Å². The van der Waals surface area contributed by atoms with Gasteiger partial charge in [-0.1, -0.05) is 26.0 Å². The zero-order valence-corrected chi connectivity index (χ0v) is 16.8. The highest BCUT2D eigenvalue weighted by Crippen LogP contribution is 2.23. The van der Waals surface area contributed by atoms with E-state index in [4.69, 9.17) is 0 Å². The number of piperidine rings is 1. The Labute approximate surface area is 170 Å². The minimum Gasteiger partial charge on any atom is -0.354 e. The first kappa shape index (κ1) is 19.1. The van der Waals surface area contributed by atoms with Gasteiger partial charge in [-0.05, 0) is 54.7 Å². The van der Waals surface area contributed by atoms with Gasteiger partial charge in [0.25, 0.3) is 0 Å². The lowest BCUT2D eigenvalue weighted by Crippen LogP contribution is -2.41. The summed E-state index contributed by atoms with van der Waals surface area (Å²) >= 11 is 0. The van der Waals surface area contributed by atoms with Crippen LogP contribution in [0.25, 0.3) is 5.82 Å². The molecule has 1 atom stereocenters. The van der Waals surface area contributed by atoms with Gasteiger partial charge in [0.05, 0.1) is 5.92 Å². The van der Waals surface area contributed by atoms with Crippen molar-refractivity contribution >= 4 is 17.4 Å². The number of nitrogens with one attached hydrogen (secondary N) is 1. The predicted octanol–water partition coefficient (Wildman–Crippen LogP) is 3.64. The van der Waals surface area contributed by atoms with Crippen LogP contribution in [0.5, 0.6) is 0 Å². The van der Waals surface area contributed by atoms with E-state index in [0.717, 1.165) is 30.9 Å². The Morgan fingerprint density at radius 3 is 2.52 bits per heavy atom. The van der Waals surface area contributed by atoms with Crippen molar-refractivity contribution in [3.05, 3.63) is 60.4 Å². The van der Waals surface area contributed by atoms with Crippen LogP contribution >= 0.6 is 0 Å². The Bertz CT molecular complexity index is 934. The molecule has 4 rings (SSSR count). The average molecular weight is 390 g/mol. The van der Waals surface area contributed by atoms with Crippen molar-refractivity contribution in [2.75, 3.05) is 23.3 Å². The Balaban J connectivity index is 1.39. The molecule has 7 heteroatoms. The van der Waals surface area contributed by atoms with Crippen LogP contribution in [0.4, 0.5) is 11.5 Å². The maximum Gasteiger partial charge on any atom is 0.229 e. The molecule has 2 aromatic heterocycles. The van der Waals surface area contributed by atoms with Crippen LogP contribution in [0, 0.1) is 5.92 Å². The first-order chi connectivity index (χ1) is 14.1. The van der Waals surface area contributed by atoms with Crippen molar-refractivity contribution in [2.45, 2.75) is 32.6 Å². The summed E-state index contributed by atoms with van der Waals surface area (Å²) in [6.45, 7) is 5.84. The summed E-state index contributed by atoms with van der Waals surface area (Å²) < 4.78 is 1.67. The first-order valence-corrected chi connectivity index (χ1v) is 10.1. The zero-order valence-electron chi connectivity index (χ0n) is 16.8. The molecule has 1 saturated heterocycles. The number of anilines is 2. The minimum absolute atomic E-state index is 0.0631. The Kier molecular flexibility index (Phi) is 5.55. The summed E-state index contributed by atoms with van der Waals surface area (Å²) in [5.74, 6) is 1.94. The van der Waals surface area contributed by atoms with Gasteiger partial charge in [-0.15, -0.1) is 10.2 Å². The maximum atomic E-state index is 12.8. The number of amides is 1. The molecule has 0 radical (unpaired) electrons. The molecule has 150 valence electrons. The number of carbonyl (C=O) groups is 1. The zero-order chi connectivity index (χ0) is 20.2. The van der Waals surface area contributed by atoms with E-state index in [-0.39, 0.29) is 11.8 Å². The molecule has 3 heterocycles. The number of aromatic nitrogens is 4. The number of hydrogen-bond donors (Lipinski definition) is 1. The van der Waals surface area contributed by atoms with Gasteiger partial charge < -0.3 is 10.2 Å². The Morgan fingerprint density at radius 2 is 1.86 bits per heavy atom. The highest BCUT2D eigenvalue weighted by molar-refractivity contribution is 5.93. The molecule has 0 bridgehead atoms. The van der Waals surface area contributed by atoms with E-state index >= 15 is 0 Å². The van der Waals surface area contributed by atoms with Crippen molar-refractivity contribution in [3.8, 4) is 5.82 Å². The molecule has 1 aliphatic heterocycles. The van der Waals surface area contributed by atoms with Gasteiger partial charge in [0.15, 0.2) is 11.6 Å². The molecule has 29 heavy (non-hydrogen) atoms. The average Bonchev–Trinajstić information content (AvgIpc) is 3.29. The second-order valence-corrected chi connectivity index (χ2v) is 7.75. The van der Waals surface area contributed by atoms with Gasteiger partial charge in [-0.2, -0.15) is 5.10 Å². The molecule has 1 aliphatic rings. The number of carbonyl (C=O) groups excluding carboxylic acids is 1. The minimum atomic E-state index is -0.0684. The van der Waals surface area contributed by atoms with E-state index in [0.29, 0.717) is 18.3 Å². The SMILES string of the molecule is CC(C)c1ccc(NC(=O)C2CCCN(c3ccc(-n4cccn4)nn3)C2)cc1. The lowest BCUT2D eigenvalue weighted by atomic mass is 9.97. The standard InChI is InChI=1S/C22H26N6O/c1-16(2)17-6-8-19(9-7-17)24-22(29)18-5-3-13-27(15-18)20-10-11-21(26-25-20)28-14-4-12-23-28/h4,6-12,14,16,18H,3,5,13,15H2,1-2H3,(H,24,29). The van der Waals surface area contributed by atoms with E-state index in [9.17, 15) is 4.79 Å². The monoisotopic (exact) mass is 390 g/mol. The lowest BCUT2D eigenvalue weighted by molar-refractivity contribution is -0.120. The van der Waals surface area contributed by atoms with E-state index in [1.807, 2.05) is 36.5 Å². The number of rotatable bonds is 5. The van der Waals surface area contributed by atoms with Crippen molar-refractivity contribution in [1.82, 2.24) is 20.0 Å². The van der Waals surface area contributed by atoms with Crippen LogP contribution in [-0.4, -0.2) is 39.0 Å². The Hall–Kier alpha value is -3.22. The van der Waals surface area contributed by atoms with Gasteiger partial charge >= 0.3 is 0 Å². The van der Waals surface area contributed by atoms with Crippen LogP contribution in [0.1, 0.15) is 38.2 Å². The topological polar surface area (TPSA) is 75.9 Å². The molecular weight excluding hydrogens is 364 g/mol. The van der Waals surface area contributed by atoms with Gasteiger partial charge in [-0.3, -0.25) is 4.79 Å². The van der Waals surface area contributed by atoms with Crippen molar-refractivity contribution in [2.24, 2.45) is 5.92 Å². The second-order valence-electron chi connectivity index (χ2n) is 7.75. The molecule has 1 unspecified atom stereocenters. The highest BCUT2D eigenvalue weighted by atomic mass is 16.1. The van der Waals surface area contributed by atoms with Crippen molar-refractivity contribution in [3.63, 3.8) is 0 Å². The fourth-order valence-corrected chi connectivity index (χ4v) is 3.61. The largest absolute Gasteiger partial charge is 0.354 e. The van der Waals surface area contributed by atoms with E-state index in [2.05, 4.69) is 51.5 Å². The summed E-state index contributed by atoms with van der Waals surface area (Å²) in [4.78, 5) is 14.9.